The molecular formula is C6H5Br2NO5S2. The molecule has 1 aromatic rings. The molecule has 2 N–H and O–H groups in total. The molecule has 0 bridgehead atoms. The second-order valence-corrected chi connectivity index (χ2v) is 7.82. The van der Waals surface area contributed by atoms with E-state index in [9.17, 15) is 13.2 Å². The van der Waals surface area contributed by atoms with E-state index in [1.807, 2.05) is 0 Å². The minimum atomic E-state index is -3.87. The Bertz CT molecular complexity index is 497. The second-order valence-electron chi connectivity index (χ2n) is 2.46. The average molecular weight is 395 g/mol. The van der Waals surface area contributed by atoms with Gasteiger partial charge in [-0.3, -0.25) is 4.84 Å². The van der Waals surface area contributed by atoms with Crippen LogP contribution in [0.4, 0.5) is 0 Å². The molecule has 0 radical (unpaired) electrons. The van der Waals surface area contributed by atoms with Gasteiger partial charge in [0.05, 0.1) is 7.57 Å². The van der Waals surface area contributed by atoms with Gasteiger partial charge >= 0.3 is 5.97 Å². The van der Waals surface area contributed by atoms with Crippen LogP contribution in [0.25, 0.3) is 0 Å². The van der Waals surface area contributed by atoms with Crippen molar-refractivity contribution in [3.63, 3.8) is 0 Å². The first-order valence-electron chi connectivity index (χ1n) is 3.63. The molecule has 0 atom stereocenters. The van der Waals surface area contributed by atoms with Crippen LogP contribution in [0.5, 0.6) is 0 Å². The smallest absolute Gasteiger partial charge is 0.331 e. The Morgan fingerprint density at radius 3 is 2.62 bits per heavy atom. The van der Waals surface area contributed by atoms with E-state index in [4.69, 9.17) is 5.11 Å². The lowest BCUT2D eigenvalue weighted by Crippen LogP contribution is -2.26. The number of carboxylic acids is 1. The third-order valence-electron chi connectivity index (χ3n) is 1.28. The topological polar surface area (TPSA) is 92.7 Å². The highest BCUT2D eigenvalue weighted by Crippen LogP contribution is 2.34. The fourth-order valence-corrected chi connectivity index (χ4v) is 5.34. The predicted octanol–water partition coefficient (Wildman–Crippen LogP) is 1.57. The average Bonchev–Trinajstić information content (AvgIpc) is 2.44. The van der Waals surface area contributed by atoms with Crippen molar-refractivity contribution in [2.45, 2.75) is 4.90 Å². The quantitative estimate of drug-likeness (QED) is 0.739. The van der Waals surface area contributed by atoms with Crippen LogP contribution in [0, 0.1) is 0 Å². The molecular weight excluding hydrogens is 390 g/mol. The Morgan fingerprint density at radius 2 is 2.19 bits per heavy atom. The fourth-order valence-electron chi connectivity index (χ4n) is 0.722. The van der Waals surface area contributed by atoms with E-state index in [1.54, 1.807) is 4.89 Å². The van der Waals surface area contributed by atoms with E-state index in [2.05, 4.69) is 36.7 Å². The third kappa shape index (κ3) is 3.79. The van der Waals surface area contributed by atoms with E-state index >= 15 is 0 Å². The molecule has 0 aliphatic heterocycles. The fraction of sp³-hybridized carbons (Fsp3) is 0.167. The molecule has 1 rings (SSSR count). The molecule has 0 unspecified atom stereocenters. The van der Waals surface area contributed by atoms with Crippen LogP contribution in [-0.2, 0) is 19.7 Å². The van der Waals surface area contributed by atoms with Gasteiger partial charge in [-0.05, 0) is 37.9 Å². The summed E-state index contributed by atoms with van der Waals surface area (Å²) < 4.78 is 24.2. The number of nitrogens with one attached hydrogen (secondary N) is 1. The normalized spacial score (nSPS) is 11.6. The number of rotatable bonds is 5. The number of carboxylic acid groups (broad SMARTS) is 1. The molecule has 0 aliphatic carbocycles. The molecule has 1 aromatic heterocycles. The Hall–Kier alpha value is -0.000000000000000333. The monoisotopic (exact) mass is 393 g/mol. The predicted molar refractivity (Wildman–Crippen MR) is 63.6 cm³/mol. The molecule has 90 valence electrons. The van der Waals surface area contributed by atoms with Crippen molar-refractivity contribution in [2.75, 3.05) is 6.61 Å². The first kappa shape index (κ1) is 14.1. The zero-order valence-electron chi connectivity index (χ0n) is 7.44. The molecule has 0 fully saturated rings. The molecule has 1 heterocycles. The van der Waals surface area contributed by atoms with E-state index in [1.165, 1.54) is 17.4 Å². The Kier molecular flexibility index (Phi) is 4.88. The third-order valence-corrected chi connectivity index (χ3v) is 5.25. The van der Waals surface area contributed by atoms with Crippen molar-refractivity contribution in [1.29, 1.82) is 0 Å². The van der Waals surface area contributed by atoms with Crippen molar-refractivity contribution >= 4 is 59.2 Å². The molecule has 10 heteroatoms. The van der Waals surface area contributed by atoms with E-state index < -0.39 is 22.6 Å². The highest BCUT2D eigenvalue weighted by molar-refractivity contribution is 9.12. The highest BCUT2D eigenvalue weighted by atomic mass is 79.9. The Balaban J connectivity index is 2.78. The van der Waals surface area contributed by atoms with Crippen LogP contribution in [0.15, 0.2) is 18.5 Å². The number of thiophene rings is 1. The lowest BCUT2D eigenvalue weighted by Gasteiger charge is -2.03. The summed E-state index contributed by atoms with van der Waals surface area (Å²) >= 11 is 7.38. The van der Waals surface area contributed by atoms with Gasteiger partial charge in [0.15, 0.2) is 6.61 Å². The number of carbonyl (C=O) groups is 1. The number of hydrogen-bond acceptors (Lipinski definition) is 5. The molecule has 0 spiro atoms. The summed E-state index contributed by atoms with van der Waals surface area (Å²) in [6.45, 7) is -0.748. The summed E-state index contributed by atoms with van der Waals surface area (Å²) in [7, 11) is -3.87. The van der Waals surface area contributed by atoms with Crippen LogP contribution in [0.1, 0.15) is 0 Å². The maximum Gasteiger partial charge on any atom is 0.331 e. The maximum absolute atomic E-state index is 11.6. The van der Waals surface area contributed by atoms with Gasteiger partial charge in [-0.1, -0.05) is 4.89 Å². The van der Waals surface area contributed by atoms with Gasteiger partial charge in [0.2, 0.25) is 0 Å². The standard InChI is InChI=1S/C6H5Br2NO5S2/c7-4-1-3(6(8)15-4)16(12,13)9-14-2-5(10)11/h1,9H,2H2,(H,10,11). The largest absolute Gasteiger partial charge is 0.479 e. The SMILES string of the molecule is O=C(O)CONS(=O)(=O)c1cc(Br)sc1Br. The van der Waals surface area contributed by atoms with Crippen LogP contribution in [0.3, 0.4) is 0 Å². The molecule has 0 aromatic carbocycles. The second kappa shape index (κ2) is 5.56. The number of sulfonamides is 1. The van der Waals surface area contributed by atoms with Crippen LogP contribution < -0.4 is 4.89 Å². The molecule has 0 saturated heterocycles. The van der Waals surface area contributed by atoms with E-state index in [-0.39, 0.29) is 4.90 Å². The maximum atomic E-state index is 11.6. The zero-order chi connectivity index (χ0) is 12.3. The summed E-state index contributed by atoms with van der Waals surface area (Å²) in [4.78, 5) is 16.1. The van der Waals surface area contributed by atoms with Gasteiger partial charge < -0.3 is 5.11 Å². The molecule has 0 amide bonds. The van der Waals surface area contributed by atoms with Gasteiger partial charge in [0, 0.05) is 0 Å². The summed E-state index contributed by atoms with van der Waals surface area (Å²) in [5.74, 6) is -1.27. The minimum Gasteiger partial charge on any atom is -0.479 e. The Morgan fingerprint density at radius 1 is 1.56 bits per heavy atom. The number of halogens is 2. The zero-order valence-corrected chi connectivity index (χ0v) is 12.2. The number of hydrogen-bond donors (Lipinski definition) is 2. The van der Waals surface area contributed by atoms with Crippen molar-refractivity contribution < 1.29 is 23.2 Å². The lowest BCUT2D eigenvalue weighted by molar-refractivity contribution is -0.143. The first-order valence-corrected chi connectivity index (χ1v) is 7.51. The summed E-state index contributed by atoms with van der Waals surface area (Å²) in [6, 6.07) is 1.38. The first-order chi connectivity index (χ1) is 7.33. The van der Waals surface area contributed by atoms with Crippen molar-refractivity contribution in [3.8, 4) is 0 Å². The van der Waals surface area contributed by atoms with Crippen molar-refractivity contribution in [1.82, 2.24) is 4.89 Å². The molecule has 0 saturated carbocycles. The van der Waals surface area contributed by atoms with E-state index in [0.717, 1.165) is 0 Å². The molecule has 6 nitrogen and oxygen atoms in total. The van der Waals surface area contributed by atoms with Crippen molar-refractivity contribution in [2.24, 2.45) is 0 Å². The van der Waals surface area contributed by atoms with Gasteiger partial charge in [0.25, 0.3) is 10.0 Å². The minimum absolute atomic E-state index is 0.0187. The van der Waals surface area contributed by atoms with Gasteiger partial charge in [-0.2, -0.15) is 0 Å². The van der Waals surface area contributed by atoms with Crippen LogP contribution in [-0.4, -0.2) is 26.1 Å². The molecule has 16 heavy (non-hydrogen) atoms. The van der Waals surface area contributed by atoms with Crippen LogP contribution in [0.2, 0.25) is 0 Å². The van der Waals surface area contributed by atoms with Crippen molar-refractivity contribution in [3.05, 3.63) is 13.6 Å². The van der Waals surface area contributed by atoms with Gasteiger partial charge in [-0.25, -0.2) is 13.2 Å². The molecule has 0 aliphatic rings. The van der Waals surface area contributed by atoms with Gasteiger partial charge in [-0.15, -0.1) is 11.3 Å². The Labute approximate surface area is 112 Å². The van der Waals surface area contributed by atoms with Crippen LogP contribution >= 0.6 is 43.2 Å². The highest BCUT2D eigenvalue weighted by Gasteiger charge is 2.21. The lowest BCUT2D eigenvalue weighted by atomic mass is 10.7. The van der Waals surface area contributed by atoms with E-state index in [0.29, 0.717) is 7.57 Å². The number of aliphatic carboxylic acids is 1. The summed E-state index contributed by atoms with van der Waals surface area (Å²) in [5, 5.41) is 8.27. The van der Waals surface area contributed by atoms with Gasteiger partial charge in [0.1, 0.15) is 4.90 Å². The summed E-state index contributed by atoms with van der Waals surface area (Å²) in [5.41, 5.74) is 0. The summed E-state index contributed by atoms with van der Waals surface area (Å²) in [6.07, 6.45) is 0.